The van der Waals surface area contributed by atoms with Crippen molar-refractivity contribution in [2.75, 3.05) is 32.1 Å². The number of methoxy groups -OCH3 is 1. The lowest BCUT2D eigenvalue weighted by molar-refractivity contribution is -0.00741. The monoisotopic (exact) mass is 263 g/mol. The van der Waals surface area contributed by atoms with E-state index in [2.05, 4.69) is 35.1 Å². The zero-order valence-electron chi connectivity index (χ0n) is 12.2. The van der Waals surface area contributed by atoms with Gasteiger partial charge in [0.25, 0.3) is 0 Å². The molecule has 1 N–H and O–H groups in total. The average molecular weight is 263 g/mol. The Morgan fingerprint density at radius 3 is 3.11 bits per heavy atom. The molecule has 0 spiro atoms. The minimum absolute atomic E-state index is 0.355. The fourth-order valence-corrected chi connectivity index (χ4v) is 2.68. The summed E-state index contributed by atoms with van der Waals surface area (Å²) in [5.74, 6) is 1.67. The lowest BCUT2D eigenvalue weighted by Crippen LogP contribution is -2.43. The number of nitrogens with one attached hydrogen (secondary N) is 1. The summed E-state index contributed by atoms with van der Waals surface area (Å²) in [6.45, 7) is 8.38. The molecule has 4 nitrogen and oxygen atoms in total. The Bertz CT molecular complexity index is 397. The highest BCUT2D eigenvalue weighted by Gasteiger charge is 2.26. The maximum Gasteiger partial charge on any atom is 0.130 e. The van der Waals surface area contributed by atoms with E-state index in [0.29, 0.717) is 12.0 Å². The molecule has 4 heteroatoms. The first-order valence-electron chi connectivity index (χ1n) is 7.17. The third-order valence-corrected chi connectivity index (χ3v) is 3.91. The van der Waals surface area contributed by atoms with Gasteiger partial charge >= 0.3 is 0 Å². The SMILES string of the molecule is CCNc1ncccc1CN1CCC(C)C(OC)C1. The zero-order chi connectivity index (χ0) is 13.7. The molecule has 1 aliphatic rings. The van der Waals surface area contributed by atoms with Gasteiger partial charge in [0.05, 0.1) is 6.10 Å². The standard InChI is InChI=1S/C15H25N3O/c1-4-16-15-13(6-5-8-17-15)10-18-9-7-12(2)14(11-18)19-3/h5-6,8,12,14H,4,7,9-11H2,1-3H3,(H,16,17). The first-order valence-corrected chi connectivity index (χ1v) is 7.17. The number of piperidine rings is 1. The van der Waals surface area contributed by atoms with Gasteiger partial charge in [0, 0.05) is 38.5 Å². The molecule has 1 fully saturated rings. The predicted molar refractivity (Wildman–Crippen MR) is 78.3 cm³/mol. The summed E-state index contributed by atoms with van der Waals surface area (Å²) in [6.07, 6.45) is 3.40. The van der Waals surface area contributed by atoms with E-state index in [1.807, 2.05) is 19.4 Å². The zero-order valence-corrected chi connectivity index (χ0v) is 12.2. The Balaban J connectivity index is 2.01. The van der Waals surface area contributed by atoms with Gasteiger partial charge < -0.3 is 10.1 Å². The van der Waals surface area contributed by atoms with Crippen molar-refractivity contribution < 1.29 is 4.74 Å². The highest BCUT2D eigenvalue weighted by Crippen LogP contribution is 2.22. The maximum absolute atomic E-state index is 5.58. The molecule has 1 aliphatic heterocycles. The largest absolute Gasteiger partial charge is 0.380 e. The molecular formula is C15H25N3O. The van der Waals surface area contributed by atoms with E-state index in [1.165, 1.54) is 12.0 Å². The number of pyridine rings is 1. The van der Waals surface area contributed by atoms with Crippen molar-refractivity contribution in [1.29, 1.82) is 0 Å². The van der Waals surface area contributed by atoms with Crippen molar-refractivity contribution in [1.82, 2.24) is 9.88 Å². The van der Waals surface area contributed by atoms with Crippen LogP contribution in [0, 0.1) is 5.92 Å². The van der Waals surface area contributed by atoms with E-state index in [-0.39, 0.29) is 0 Å². The van der Waals surface area contributed by atoms with Crippen molar-refractivity contribution in [3.8, 4) is 0 Å². The third kappa shape index (κ3) is 3.67. The van der Waals surface area contributed by atoms with E-state index in [1.54, 1.807) is 0 Å². The lowest BCUT2D eigenvalue weighted by atomic mass is 9.95. The Morgan fingerprint density at radius 2 is 2.37 bits per heavy atom. The second kappa shape index (κ2) is 6.87. The molecule has 2 rings (SSSR count). The number of aromatic nitrogens is 1. The van der Waals surface area contributed by atoms with Crippen molar-refractivity contribution in [2.45, 2.75) is 32.9 Å². The first-order chi connectivity index (χ1) is 9.24. The highest BCUT2D eigenvalue weighted by atomic mass is 16.5. The number of rotatable bonds is 5. The number of hydrogen-bond acceptors (Lipinski definition) is 4. The summed E-state index contributed by atoms with van der Waals surface area (Å²) in [6, 6.07) is 4.17. The molecule has 1 saturated heterocycles. The molecule has 0 amide bonds. The van der Waals surface area contributed by atoms with E-state index in [9.17, 15) is 0 Å². The second-order valence-corrected chi connectivity index (χ2v) is 5.32. The maximum atomic E-state index is 5.58. The van der Waals surface area contributed by atoms with Crippen molar-refractivity contribution in [3.63, 3.8) is 0 Å². The quantitative estimate of drug-likeness (QED) is 0.885. The van der Waals surface area contributed by atoms with Crippen LogP contribution >= 0.6 is 0 Å². The van der Waals surface area contributed by atoms with Crippen molar-refractivity contribution >= 4 is 5.82 Å². The predicted octanol–water partition coefficient (Wildman–Crippen LogP) is 2.37. The molecule has 19 heavy (non-hydrogen) atoms. The van der Waals surface area contributed by atoms with Gasteiger partial charge in [0.1, 0.15) is 5.82 Å². The molecular weight excluding hydrogens is 238 g/mol. The van der Waals surface area contributed by atoms with Crippen LogP contribution in [0.25, 0.3) is 0 Å². The fraction of sp³-hybridized carbons (Fsp3) is 0.667. The van der Waals surface area contributed by atoms with Gasteiger partial charge in [-0.25, -0.2) is 4.98 Å². The van der Waals surface area contributed by atoms with Crippen molar-refractivity contribution in [3.05, 3.63) is 23.9 Å². The molecule has 106 valence electrons. The first kappa shape index (κ1) is 14.3. The van der Waals surface area contributed by atoms with E-state index < -0.39 is 0 Å². The number of likely N-dealkylation sites (tertiary alicyclic amines) is 1. The fourth-order valence-electron chi connectivity index (χ4n) is 2.68. The van der Waals surface area contributed by atoms with Crippen LogP contribution in [0.4, 0.5) is 5.82 Å². The molecule has 1 aromatic heterocycles. The highest BCUT2D eigenvalue weighted by molar-refractivity contribution is 5.43. The summed E-state index contributed by atoms with van der Waals surface area (Å²) in [5.41, 5.74) is 1.27. The topological polar surface area (TPSA) is 37.4 Å². The van der Waals surface area contributed by atoms with Gasteiger partial charge in [0.15, 0.2) is 0 Å². The molecule has 2 atom stereocenters. The smallest absolute Gasteiger partial charge is 0.130 e. The summed E-state index contributed by atoms with van der Waals surface area (Å²) < 4.78 is 5.58. The summed E-state index contributed by atoms with van der Waals surface area (Å²) in [7, 11) is 1.82. The van der Waals surface area contributed by atoms with Gasteiger partial charge in [0.2, 0.25) is 0 Å². The van der Waals surface area contributed by atoms with Crippen LogP contribution in [-0.2, 0) is 11.3 Å². The molecule has 1 aromatic rings. The molecule has 0 aliphatic carbocycles. The minimum atomic E-state index is 0.355. The van der Waals surface area contributed by atoms with Gasteiger partial charge in [-0.2, -0.15) is 0 Å². The summed E-state index contributed by atoms with van der Waals surface area (Å²) in [4.78, 5) is 6.88. The van der Waals surface area contributed by atoms with Gasteiger partial charge in [-0.05, 0) is 31.9 Å². The normalized spacial score (nSPS) is 24.4. The van der Waals surface area contributed by atoms with E-state index >= 15 is 0 Å². The summed E-state index contributed by atoms with van der Waals surface area (Å²) in [5, 5.41) is 3.33. The summed E-state index contributed by atoms with van der Waals surface area (Å²) >= 11 is 0. The van der Waals surface area contributed by atoms with Crippen LogP contribution in [0.15, 0.2) is 18.3 Å². The molecule has 0 radical (unpaired) electrons. The molecule has 0 aromatic carbocycles. The van der Waals surface area contributed by atoms with Crippen LogP contribution in [0.2, 0.25) is 0 Å². The van der Waals surface area contributed by atoms with Gasteiger partial charge in [-0.15, -0.1) is 0 Å². The van der Waals surface area contributed by atoms with E-state index in [4.69, 9.17) is 4.74 Å². The Hall–Kier alpha value is -1.13. The number of ether oxygens (including phenoxy) is 1. The van der Waals surface area contributed by atoms with Gasteiger partial charge in [-0.3, -0.25) is 4.90 Å². The Morgan fingerprint density at radius 1 is 1.53 bits per heavy atom. The third-order valence-electron chi connectivity index (χ3n) is 3.91. The number of nitrogens with zero attached hydrogens (tertiary/aromatic N) is 2. The molecule has 2 unspecified atom stereocenters. The van der Waals surface area contributed by atoms with Crippen molar-refractivity contribution in [2.24, 2.45) is 5.92 Å². The van der Waals surface area contributed by atoms with Crippen LogP contribution in [0.5, 0.6) is 0 Å². The van der Waals surface area contributed by atoms with Crippen LogP contribution in [0.3, 0.4) is 0 Å². The Labute approximate surface area is 116 Å². The van der Waals surface area contributed by atoms with Crippen LogP contribution < -0.4 is 5.32 Å². The molecule has 0 saturated carbocycles. The van der Waals surface area contributed by atoms with Gasteiger partial charge in [-0.1, -0.05) is 13.0 Å². The number of hydrogen-bond donors (Lipinski definition) is 1. The van der Waals surface area contributed by atoms with Crippen LogP contribution in [-0.4, -0.2) is 42.7 Å². The molecule has 0 bridgehead atoms. The number of anilines is 1. The lowest BCUT2D eigenvalue weighted by Gasteiger charge is -2.36. The van der Waals surface area contributed by atoms with E-state index in [0.717, 1.165) is 32.0 Å². The molecule has 2 heterocycles. The minimum Gasteiger partial charge on any atom is -0.380 e. The Kier molecular flexibility index (Phi) is 5.16. The second-order valence-electron chi connectivity index (χ2n) is 5.32. The van der Waals surface area contributed by atoms with Crippen LogP contribution in [0.1, 0.15) is 25.8 Å². The average Bonchev–Trinajstić information content (AvgIpc) is 2.43.